The second-order valence-electron chi connectivity index (χ2n) is 7.23. The zero-order valence-electron chi connectivity index (χ0n) is 15.4. The monoisotopic (exact) mass is 399 g/mol. The zero-order chi connectivity index (χ0) is 19.5. The lowest BCUT2D eigenvalue weighted by atomic mass is 10.0. The predicted molar refractivity (Wildman–Crippen MR) is 106 cm³/mol. The number of benzene rings is 1. The Morgan fingerprint density at radius 3 is 2.61 bits per heavy atom. The van der Waals surface area contributed by atoms with Gasteiger partial charge in [0.15, 0.2) is 0 Å². The summed E-state index contributed by atoms with van der Waals surface area (Å²) in [6.07, 6.45) is 4.48. The number of nitrogens with zero attached hydrogens (tertiary/aromatic N) is 2. The highest BCUT2D eigenvalue weighted by atomic mass is 32.1. The highest BCUT2D eigenvalue weighted by molar-refractivity contribution is 7.12. The quantitative estimate of drug-likeness (QED) is 0.830. The van der Waals surface area contributed by atoms with Crippen LogP contribution in [0.2, 0.25) is 0 Å². The molecule has 146 valence electrons. The van der Waals surface area contributed by atoms with Gasteiger partial charge >= 0.3 is 0 Å². The highest BCUT2D eigenvalue weighted by Crippen LogP contribution is 2.34. The Hall–Kier alpha value is -2.54. The fraction of sp³-hybridized carbons (Fsp3) is 0.381. The minimum atomic E-state index is -0.317. The first-order valence-electron chi connectivity index (χ1n) is 9.58. The molecule has 4 rings (SSSR count). The van der Waals surface area contributed by atoms with Crippen LogP contribution in [0.25, 0.3) is 0 Å². The van der Waals surface area contributed by atoms with E-state index in [1.165, 1.54) is 17.1 Å². The van der Waals surface area contributed by atoms with Crippen molar-refractivity contribution in [1.29, 1.82) is 0 Å². The van der Waals surface area contributed by atoms with Crippen molar-refractivity contribution in [2.24, 2.45) is 11.0 Å². The molecule has 2 heterocycles. The zero-order valence-corrected chi connectivity index (χ0v) is 16.3. The lowest BCUT2D eigenvalue weighted by molar-refractivity contribution is -0.135. The molecule has 2 aromatic rings. The van der Waals surface area contributed by atoms with Gasteiger partial charge in [-0.1, -0.05) is 31.0 Å². The molecule has 1 aromatic heterocycles. The molecule has 0 spiro atoms. The molecule has 1 fully saturated rings. The number of carbonyl (C=O) groups excluding carboxylic acids is 2. The van der Waals surface area contributed by atoms with Crippen LogP contribution in [0.15, 0.2) is 46.9 Å². The molecular formula is C21H22FN3O2S. The molecule has 0 saturated heterocycles. The van der Waals surface area contributed by atoms with E-state index >= 15 is 0 Å². The number of nitrogens with one attached hydrogen (secondary N) is 1. The van der Waals surface area contributed by atoms with Gasteiger partial charge in [-0.05, 0) is 42.0 Å². The Morgan fingerprint density at radius 2 is 1.93 bits per heavy atom. The molecule has 2 amide bonds. The number of carbonyl (C=O) groups is 2. The second-order valence-corrected chi connectivity index (χ2v) is 8.18. The van der Waals surface area contributed by atoms with E-state index in [1.807, 2.05) is 17.5 Å². The Kier molecular flexibility index (Phi) is 5.52. The maximum absolute atomic E-state index is 13.3. The van der Waals surface area contributed by atoms with Crippen molar-refractivity contribution < 1.29 is 14.0 Å². The summed E-state index contributed by atoms with van der Waals surface area (Å²) in [5.74, 6) is -0.606. The molecule has 28 heavy (non-hydrogen) atoms. The lowest BCUT2D eigenvalue weighted by Crippen LogP contribution is -2.39. The molecule has 5 nitrogen and oxygen atoms in total. The van der Waals surface area contributed by atoms with Gasteiger partial charge in [-0.3, -0.25) is 9.59 Å². The summed E-state index contributed by atoms with van der Waals surface area (Å²) in [6, 6.07) is 9.78. The van der Waals surface area contributed by atoms with Crippen LogP contribution in [0.5, 0.6) is 0 Å². The fourth-order valence-electron chi connectivity index (χ4n) is 3.85. The fourth-order valence-corrected chi connectivity index (χ4v) is 4.57. The van der Waals surface area contributed by atoms with Gasteiger partial charge in [-0.15, -0.1) is 11.3 Å². The number of hydrazone groups is 1. The highest BCUT2D eigenvalue weighted by Gasteiger charge is 2.34. The molecule has 1 aromatic carbocycles. The summed E-state index contributed by atoms with van der Waals surface area (Å²) in [6.45, 7) is -0.0752. The van der Waals surface area contributed by atoms with E-state index in [-0.39, 0.29) is 36.1 Å². The maximum atomic E-state index is 13.3. The summed E-state index contributed by atoms with van der Waals surface area (Å²) >= 11 is 1.57. The molecule has 1 aliphatic carbocycles. The van der Waals surface area contributed by atoms with Crippen molar-refractivity contribution >= 4 is 28.9 Å². The third-order valence-electron chi connectivity index (χ3n) is 5.37. The van der Waals surface area contributed by atoms with Crippen LogP contribution < -0.4 is 5.32 Å². The van der Waals surface area contributed by atoms with Gasteiger partial charge in [0.2, 0.25) is 5.91 Å². The molecule has 1 atom stereocenters. The molecule has 0 radical (unpaired) electrons. The van der Waals surface area contributed by atoms with Crippen LogP contribution in [0.1, 0.15) is 48.6 Å². The van der Waals surface area contributed by atoms with Gasteiger partial charge < -0.3 is 5.32 Å². The predicted octanol–water partition coefficient (Wildman–Crippen LogP) is 3.87. The molecule has 1 unspecified atom stereocenters. The summed E-state index contributed by atoms with van der Waals surface area (Å²) in [4.78, 5) is 26.1. The topological polar surface area (TPSA) is 61.8 Å². The number of amides is 2. The molecule has 0 bridgehead atoms. The first-order valence-corrected chi connectivity index (χ1v) is 10.5. The van der Waals surface area contributed by atoms with E-state index in [4.69, 9.17) is 0 Å². The van der Waals surface area contributed by atoms with E-state index in [1.54, 1.807) is 23.5 Å². The summed E-state index contributed by atoms with van der Waals surface area (Å²) in [5, 5.41) is 10.7. The van der Waals surface area contributed by atoms with E-state index in [0.717, 1.165) is 41.8 Å². The van der Waals surface area contributed by atoms with Gasteiger partial charge in [-0.2, -0.15) is 5.10 Å². The molecule has 2 aliphatic rings. The number of hydrogen-bond donors (Lipinski definition) is 1. The summed E-state index contributed by atoms with van der Waals surface area (Å²) in [5.41, 5.74) is 1.66. The van der Waals surface area contributed by atoms with Crippen molar-refractivity contribution in [3.05, 3.63) is 58.0 Å². The van der Waals surface area contributed by atoms with Crippen LogP contribution >= 0.6 is 11.3 Å². The third-order valence-corrected chi connectivity index (χ3v) is 6.28. The second kappa shape index (κ2) is 8.22. The van der Waals surface area contributed by atoms with E-state index in [2.05, 4.69) is 10.4 Å². The largest absolute Gasteiger partial charge is 0.347 e. The van der Waals surface area contributed by atoms with Gasteiger partial charge in [0.1, 0.15) is 5.82 Å². The number of hydrogen-bond acceptors (Lipinski definition) is 4. The Balaban J connectivity index is 1.50. The smallest absolute Gasteiger partial charge is 0.262 e. The minimum absolute atomic E-state index is 0.0180. The van der Waals surface area contributed by atoms with E-state index < -0.39 is 0 Å². The first kappa shape index (κ1) is 18.8. The summed E-state index contributed by atoms with van der Waals surface area (Å²) in [7, 11) is 0. The van der Waals surface area contributed by atoms with Crippen LogP contribution in [0.3, 0.4) is 0 Å². The first-order chi connectivity index (χ1) is 13.6. The standard InChI is InChI=1S/C21H22FN3O2S/c22-16-9-7-14(8-10-16)18-12-17(19-6-3-11-28-19)24-25(18)20(26)13-23-21(27)15-4-1-2-5-15/h3,6-11,15,18H,1-2,4-5,12-13H2,(H,23,27). The van der Waals surface area contributed by atoms with Crippen LogP contribution in [-0.2, 0) is 9.59 Å². The van der Waals surface area contributed by atoms with E-state index in [0.29, 0.717) is 6.42 Å². The van der Waals surface area contributed by atoms with E-state index in [9.17, 15) is 14.0 Å². The van der Waals surface area contributed by atoms with Crippen molar-refractivity contribution in [3.8, 4) is 0 Å². The molecule has 1 aliphatic heterocycles. The molecule has 1 N–H and O–H groups in total. The SMILES string of the molecule is O=C(NCC(=O)N1N=C(c2cccs2)CC1c1ccc(F)cc1)C1CCCC1. The molecule has 1 saturated carbocycles. The average Bonchev–Trinajstić information content (AvgIpc) is 3.47. The number of halogens is 1. The van der Waals surface area contributed by atoms with Crippen molar-refractivity contribution in [2.45, 2.75) is 38.1 Å². The Labute approximate surface area is 167 Å². The number of thiophene rings is 1. The normalized spacial score (nSPS) is 19.7. The lowest BCUT2D eigenvalue weighted by Gasteiger charge is -2.22. The van der Waals surface area contributed by atoms with Crippen molar-refractivity contribution in [1.82, 2.24) is 10.3 Å². The van der Waals surface area contributed by atoms with Gasteiger partial charge in [0.25, 0.3) is 5.91 Å². The van der Waals surface area contributed by atoms with Gasteiger partial charge in [-0.25, -0.2) is 9.40 Å². The molecule has 7 heteroatoms. The third kappa shape index (κ3) is 3.99. The molecular weight excluding hydrogens is 377 g/mol. The minimum Gasteiger partial charge on any atom is -0.347 e. The van der Waals surface area contributed by atoms with Gasteiger partial charge in [0, 0.05) is 12.3 Å². The summed E-state index contributed by atoms with van der Waals surface area (Å²) < 4.78 is 13.3. The van der Waals surface area contributed by atoms with Crippen molar-refractivity contribution in [3.63, 3.8) is 0 Å². The maximum Gasteiger partial charge on any atom is 0.262 e. The Bertz CT molecular complexity index is 874. The average molecular weight is 399 g/mol. The van der Waals surface area contributed by atoms with Crippen LogP contribution in [-0.4, -0.2) is 29.1 Å². The van der Waals surface area contributed by atoms with Crippen molar-refractivity contribution in [2.75, 3.05) is 6.54 Å². The number of rotatable bonds is 5. The van der Waals surface area contributed by atoms with Gasteiger partial charge in [0.05, 0.1) is 23.2 Å². The van der Waals surface area contributed by atoms with Crippen LogP contribution in [0, 0.1) is 11.7 Å². The Morgan fingerprint density at radius 1 is 1.18 bits per heavy atom. The van der Waals surface area contributed by atoms with Crippen LogP contribution in [0.4, 0.5) is 4.39 Å².